The van der Waals surface area contributed by atoms with Crippen LogP contribution in [0.3, 0.4) is 0 Å². The molecule has 0 bridgehead atoms. The fourth-order valence-corrected chi connectivity index (χ4v) is 2.22. The summed E-state index contributed by atoms with van der Waals surface area (Å²) < 4.78 is 0. The minimum absolute atomic E-state index is 0.689. The number of nitrogens with zero attached hydrogens (tertiary/aromatic N) is 2. The summed E-state index contributed by atoms with van der Waals surface area (Å²) >= 11 is 0. The number of hydrogen-bond donors (Lipinski definition) is 2. The third-order valence-corrected chi connectivity index (χ3v) is 3.38. The number of rotatable bonds is 3. The number of hydrogen-bond acceptors (Lipinski definition) is 4. The fourth-order valence-electron chi connectivity index (χ4n) is 2.22. The predicted molar refractivity (Wildman–Crippen MR) is 70.7 cm³/mol. The second-order valence-electron chi connectivity index (χ2n) is 4.67. The summed E-state index contributed by atoms with van der Waals surface area (Å²) in [6.07, 6.45) is 0. The molecule has 0 saturated carbocycles. The van der Waals surface area contributed by atoms with Crippen molar-refractivity contribution in [2.24, 2.45) is 5.73 Å². The number of anilines is 1. The second-order valence-corrected chi connectivity index (χ2v) is 4.67. The molecule has 18 heavy (non-hydrogen) atoms. The van der Waals surface area contributed by atoms with Crippen molar-refractivity contribution in [3.8, 4) is 0 Å². The lowest BCUT2D eigenvalue weighted by molar-refractivity contribution is -0.138. The number of carboxylic acids is 1. The summed E-state index contributed by atoms with van der Waals surface area (Å²) in [5.74, 6) is -0.989. The maximum atomic E-state index is 11.0. The number of piperazine rings is 1. The van der Waals surface area contributed by atoms with Crippen molar-refractivity contribution in [3.05, 3.63) is 29.8 Å². The summed E-state index contributed by atoms with van der Waals surface area (Å²) in [5, 5.41) is 9.05. The summed E-state index contributed by atoms with van der Waals surface area (Å²) in [6.45, 7) is 3.77. The maximum absolute atomic E-state index is 11.0. The molecule has 5 nitrogen and oxygen atoms in total. The highest BCUT2D eigenvalue weighted by Crippen LogP contribution is 2.26. The number of aliphatic carboxylic acids is 1. The molecule has 0 amide bonds. The Balaban J connectivity index is 2.24. The predicted octanol–water partition coefficient (Wildman–Crippen LogP) is 0.523. The van der Waals surface area contributed by atoms with Gasteiger partial charge >= 0.3 is 5.97 Å². The summed E-state index contributed by atoms with van der Waals surface area (Å²) in [6, 6.07) is 6.54. The number of carbonyl (C=O) groups is 1. The quantitative estimate of drug-likeness (QED) is 0.817. The zero-order valence-electron chi connectivity index (χ0n) is 10.5. The van der Waals surface area contributed by atoms with Gasteiger partial charge < -0.3 is 20.6 Å². The molecule has 1 atom stereocenters. The molecule has 1 aliphatic rings. The molecule has 1 aromatic carbocycles. The van der Waals surface area contributed by atoms with Crippen LogP contribution in [0.25, 0.3) is 0 Å². The Morgan fingerprint density at radius 2 is 1.89 bits per heavy atom. The van der Waals surface area contributed by atoms with Crippen LogP contribution >= 0.6 is 0 Å². The minimum atomic E-state index is -0.989. The molecule has 98 valence electrons. The second kappa shape index (κ2) is 5.37. The Morgan fingerprint density at radius 3 is 2.50 bits per heavy atom. The van der Waals surface area contributed by atoms with E-state index in [4.69, 9.17) is 10.8 Å². The van der Waals surface area contributed by atoms with E-state index in [1.165, 1.54) is 0 Å². The molecule has 1 fully saturated rings. The zero-order chi connectivity index (χ0) is 13.1. The van der Waals surface area contributed by atoms with Crippen LogP contribution in [0, 0.1) is 0 Å². The van der Waals surface area contributed by atoms with Crippen molar-refractivity contribution in [1.82, 2.24) is 4.90 Å². The average molecular weight is 249 g/mol. The van der Waals surface area contributed by atoms with Crippen LogP contribution in [0.5, 0.6) is 0 Å². The third kappa shape index (κ3) is 2.63. The first-order valence-electron chi connectivity index (χ1n) is 6.10. The van der Waals surface area contributed by atoms with Crippen molar-refractivity contribution in [1.29, 1.82) is 0 Å². The summed E-state index contributed by atoms with van der Waals surface area (Å²) in [4.78, 5) is 15.5. The van der Waals surface area contributed by atoms with Gasteiger partial charge in [-0.25, -0.2) is 0 Å². The van der Waals surface area contributed by atoms with Crippen LogP contribution in [-0.2, 0) is 4.79 Å². The lowest BCUT2D eigenvalue weighted by Crippen LogP contribution is -2.45. The van der Waals surface area contributed by atoms with Crippen LogP contribution in [0.4, 0.5) is 5.69 Å². The maximum Gasteiger partial charge on any atom is 0.325 e. The minimum Gasteiger partial charge on any atom is -0.480 e. The highest BCUT2D eigenvalue weighted by atomic mass is 16.4. The molecule has 1 saturated heterocycles. The number of para-hydroxylation sites is 1. The molecule has 2 rings (SSSR count). The molecule has 1 aromatic rings. The standard InChI is InChI=1S/C13H19N3O2/c1-15-6-8-16(9-7-15)11-5-3-2-4-10(11)12(14)13(17)18/h2-5,12H,6-9,14H2,1H3,(H,17,18)/t12-/m0/s1. The van der Waals surface area contributed by atoms with E-state index in [2.05, 4.69) is 16.8 Å². The molecule has 0 radical (unpaired) electrons. The molecule has 0 unspecified atom stereocenters. The van der Waals surface area contributed by atoms with Gasteiger partial charge in [-0.2, -0.15) is 0 Å². The van der Waals surface area contributed by atoms with Crippen molar-refractivity contribution >= 4 is 11.7 Å². The van der Waals surface area contributed by atoms with E-state index in [1.54, 1.807) is 6.07 Å². The van der Waals surface area contributed by atoms with Crippen LogP contribution in [-0.4, -0.2) is 49.2 Å². The molecule has 0 aromatic heterocycles. The first kappa shape index (κ1) is 12.9. The molecular weight excluding hydrogens is 230 g/mol. The van der Waals surface area contributed by atoms with Gasteiger partial charge in [-0.05, 0) is 13.1 Å². The van der Waals surface area contributed by atoms with Gasteiger partial charge in [-0.1, -0.05) is 18.2 Å². The molecule has 1 aliphatic heterocycles. The summed E-state index contributed by atoms with van der Waals surface area (Å²) in [5.41, 5.74) is 7.37. The van der Waals surface area contributed by atoms with Crippen LogP contribution in [0.1, 0.15) is 11.6 Å². The number of likely N-dealkylation sites (N-methyl/N-ethyl adjacent to an activating group) is 1. The van der Waals surface area contributed by atoms with Gasteiger partial charge in [0.25, 0.3) is 0 Å². The van der Waals surface area contributed by atoms with E-state index in [0.717, 1.165) is 31.9 Å². The van der Waals surface area contributed by atoms with Crippen molar-refractivity contribution in [2.75, 3.05) is 38.1 Å². The Hall–Kier alpha value is -1.59. The van der Waals surface area contributed by atoms with Gasteiger partial charge in [0.1, 0.15) is 6.04 Å². The smallest absolute Gasteiger partial charge is 0.325 e. The first-order chi connectivity index (χ1) is 8.59. The van der Waals surface area contributed by atoms with E-state index < -0.39 is 12.0 Å². The zero-order valence-corrected chi connectivity index (χ0v) is 10.5. The van der Waals surface area contributed by atoms with Crippen molar-refractivity contribution in [3.63, 3.8) is 0 Å². The van der Waals surface area contributed by atoms with Crippen LogP contribution in [0.2, 0.25) is 0 Å². The van der Waals surface area contributed by atoms with Gasteiger partial charge in [0, 0.05) is 37.4 Å². The first-order valence-corrected chi connectivity index (χ1v) is 6.10. The number of nitrogens with two attached hydrogens (primary N) is 1. The van der Waals surface area contributed by atoms with Crippen molar-refractivity contribution < 1.29 is 9.90 Å². The largest absolute Gasteiger partial charge is 0.480 e. The van der Waals surface area contributed by atoms with E-state index >= 15 is 0 Å². The molecule has 3 N–H and O–H groups in total. The molecular formula is C13H19N3O2. The van der Waals surface area contributed by atoms with Crippen molar-refractivity contribution in [2.45, 2.75) is 6.04 Å². The monoisotopic (exact) mass is 249 g/mol. The van der Waals surface area contributed by atoms with E-state index in [-0.39, 0.29) is 0 Å². The number of carboxylic acid groups (broad SMARTS) is 1. The lowest BCUT2D eigenvalue weighted by Gasteiger charge is -2.35. The highest BCUT2D eigenvalue weighted by molar-refractivity contribution is 5.78. The molecule has 5 heteroatoms. The Bertz CT molecular complexity index is 428. The molecule has 0 aliphatic carbocycles. The van der Waals surface area contributed by atoms with Gasteiger partial charge in [0.15, 0.2) is 0 Å². The van der Waals surface area contributed by atoms with Gasteiger partial charge in [-0.15, -0.1) is 0 Å². The highest BCUT2D eigenvalue weighted by Gasteiger charge is 2.22. The SMILES string of the molecule is CN1CCN(c2ccccc2[C@H](N)C(=O)O)CC1. The normalized spacial score (nSPS) is 18.7. The topological polar surface area (TPSA) is 69.8 Å². The van der Waals surface area contributed by atoms with Gasteiger partial charge in [-0.3, -0.25) is 4.79 Å². The molecule has 1 heterocycles. The van der Waals surface area contributed by atoms with Gasteiger partial charge in [0.05, 0.1) is 0 Å². The van der Waals surface area contributed by atoms with E-state index in [9.17, 15) is 4.79 Å². The average Bonchev–Trinajstić information content (AvgIpc) is 2.39. The van der Waals surface area contributed by atoms with Gasteiger partial charge in [0.2, 0.25) is 0 Å². The lowest BCUT2D eigenvalue weighted by atomic mass is 10.0. The van der Waals surface area contributed by atoms with E-state index in [0.29, 0.717) is 5.56 Å². The molecule has 0 spiro atoms. The fraction of sp³-hybridized carbons (Fsp3) is 0.462. The Kier molecular flexibility index (Phi) is 3.84. The Labute approximate surface area is 107 Å². The Morgan fingerprint density at radius 1 is 1.28 bits per heavy atom. The summed E-state index contributed by atoms with van der Waals surface area (Å²) in [7, 11) is 2.09. The number of benzene rings is 1. The van der Waals surface area contributed by atoms with E-state index in [1.807, 2.05) is 18.2 Å². The van der Waals surface area contributed by atoms with Crippen LogP contribution in [0.15, 0.2) is 24.3 Å². The van der Waals surface area contributed by atoms with Crippen LogP contribution < -0.4 is 10.6 Å². The third-order valence-electron chi connectivity index (χ3n) is 3.38.